The number of esters is 1. The first-order chi connectivity index (χ1) is 10.8. The van der Waals surface area contributed by atoms with E-state index in [2.05, 4.69) is 4.98 Å². The molecule has 0 aliphatic rings. The van der Waals surface area contributed by atoms with E-state index >= 15 is 0 Å². The highest BCUT2D eigenvalue weighted by molar-refractivity contribution is 5.92. The summed E-state index contributed by atoms with van der Waals surface area (Å²) in [7, 11) is 0. The van der Waals surface area contributed by atoms with E-state index in [0.717, 1.165) is 22.0 Å². The summed E-state index contributed by atoms with van der Waals surface area (Å²) in [5.41, 5.74) is 2.74. The Morgan fingerprint density at radius 3 is 2.68 bits per heavy atom. The van der Waals surface area contributed by atoms with Crippen molar-refractivity contribution in [3.05, 3.63) is 84.1 Å². The van der Waals surface area contributed by atoms with E-state index in [1.54, 1.807) is 12.3 Å². The molecule has 0 saturated carbocycles. The number of benzene rings is 2. The zero-order valence-corrected chi connectivity index (χ0v) is 12.0. The predicted octanol–water partition coefficient (Wildman–Crippen LogP) is 3.99. The third kappa shape index (κ3) is 3.38. The Balaban J connectivity index is 1.69. The molecule has 0 radical (unpaired) electrons. The summed E-state index contributed by atoms with van der Waals surface area (Å²) in [4.78, 5) is 16.1. The van der Waals surface area contributed by atoms with Crippen LogP contribution in [-0.2, 0) is 16.1 Å². The quantitative estimate of drug-likeness (QED) is 0.538. The van der Waals surface area contributed by atoms with Gasteiger partial charge in [-0.05, 0) is 17.7 Å². The van der Waals surface area contributed by atoms with Crippen LogP contribution in [-0.4, -0.2) is 11.0 Å². The highest BCUT2D eigenvalue weighted by atomic mass is 16.5. The maximum Gasteiger partial charge on any atom is 0.331 e. The molecule has 1 heterocycles. The second-order valence-corrected chi connectivity index (χ2v) is 4.85. The molecule has 0 amide bonds. The second kappa shape index (κ2) is 6.68. The van der Waals surface area contributed by atoms with Crippen LogP contribution in [0, 0.1) is 0 Å². The molecule has 0 aliphatic carbocycles. The number of hydrogen-bond acceptors (Lipinski definition) is 3. The first-order valence-electron chi connectivity index (χ1n) is 7.05. The largest absolute Gasteiger partial charge is 0.458 e. The van der Waals surface area contributed by atoms with Gasteiger partial charge in [0, 0.05) is 23.2 Å². The molecule has 0 atom stereocenters. The van der Waals surface area contributed by atoms with Gasteiger partial charge in [-0.15, -0.1) is 0 Å². The number of hydrogen-bond donors (Lipinski definition) is 0. The maximum absolute atomic E-state index is 11.8. The molecule has 3 heteroatoms. The van der Waals surface area contributed by atoms with Crippen LogP contribution in [0.2, 0.25) is 0 Å². The van der Waals surface area contributed by atoms with E-state index in [1.165, 1.54) is 6.08 Å². The van der Waals surface area contributed by atoms with Gasteiger partial charge < -0.3 is 4.74 Å². The molecule has 0 saturated heterocycles. The topological polar surface area (TPSA) is 39.2 Å². The fourth-order valence-corrected chi connectivity index (χ4v) is 2.20. The maximum atomic E-state index is 11.8. The number of nitrogens with zero attached hydrogens (tertiary/aromatic N) is 1. The molecule has 0 unspecified atom stereocenters. The molecule has 3 aromatic rings. The van der Waals surface area contributed by atoms with Crippen LogP contribution in [0.25, 0.3) is 17.0 Å². The monoisotopic (exact) mass is 289 g/mol. The molecule has 0 N–H and O–H groups in total. The standard InChI is InChI=1S/C19H15NO2/c21-18(22-14-15-6-2-1-3-7-15)12-11-17-9-4-8-16-10-5-13-20-19(16)17/h1-13H,14H2/b12-11+. The van der Waals surface area contributed by atoms with Crippen molar-refractivity contribution in [2.75, 3.05) is 0 Å². The van der Waals surface area contributed by atoms with Crippen molar-refractivity contribution in [1.82, 2.24) is 4.98 Å². The van der Waals surface area contributed by atoms with Gasteiger partial charge >= 0.3 is 5.97 Å². The van der Waals surface area contributed by atoms with Crippen molar-refractivity contribution < 1.29 is 9.53 Å². The Labute approximate surface area is 128 Å². The molecule has 108 valence electrons. The lowest BCUT2D eigenvalue weighted by molar-refractivity contribution is -0.138. The zero-order chi connectivity index (χ0) is 15.2. The van der Waals surface area contributed by atoms with Crippen LogP contribution in [0.5, 0.6) is 0 Å². The molecule has 1 aromatic heterocycles. The minimum absolute atomic E-state index is 0.276. The average Bonchev–Trinajstić information content (AvgIpc) is 2.59. The summed E-state index contributed by atoms with van der Waals surface area (Å²) >= 11 is 0. The SMILES string of the molecule is O=C(/C=C/c1cccc2cccnc12)OCc1ccccc1. The molecule has 3 nitrogen and oxygen atoms in total. The minimum Gasteiger partial charge on any atom is -0.458 e. The van der Waals surface area contributed by atoms with Gasteiger partial charge in [-0.25, -0.2) is 4.79 Å². The van der Waals surface area contributed by atoms with Gasteiger partial charge in [0.2, 0.25) is 0 Å². The lowest BCUT2D eigenvalue weighted by Crippen LogP contribution is -2.00. The number of carbonyl (C=O) groups is 1. The minimum atomic E-state index is -0.364. The van der Waals surface area contributed by atoms with Crippen LogP contribution >= 0.6 is 0 Å². The number of ether oxygens (including phenoxy) is 1. The summed E-state index contributed by atoms with van der Waals surface area (Å²) in [6.45, 7) is 0.276. The second-order valence-electron chi connectivity index (χ2n) is 4.85. The fourth-order valence-electron chi connectivity index (χ4n) is 2.20. The third-order valence-electron chi connectivity index (χ3n) is 3.29. The predicted molar refractivity (Wildman–Crippen MR) is 87.0 cm³/mol. The number of rotatable bonds is 4. The van der Waals surface area contributed by atoms with Crippen LogP contribution in [0.1, 0.15) is 11.1 Å². The molecule has 22 heavy (non-hydrogen) atoms. The number of para-hydroxylation sites is 1. The van der Waals surface area contributed by atoms with Crippen molar-refractivity contribution >= 4 is 22.9 Å². The van der Waals surface area contributed by atoms with Crippen LogP contribution < -0.4 is 0 Å². The Kier molecular flexibility index (Phi) is 4.25. The summed E-state index contributed by atoms with van der Waals surface area (Å²) in [5.74, 6) is -0.364. The van der Waals surface area contributed by atoms with E-state index < -0.39 is 0 Å². The van der Waals surface area contributed by atoms with Gasteiger partial charge in [-0.2, -0.15) is 0 Å². The lowest BCUT2D eigenvalue weighted by Gasteiger charge is -2.02. The van der Waals surface area contributed by atoms with Gasteiger partial charge in [-0.3, -0.25) is 4.98 Å². The summed E-state index contributed by atoms with van der Waals surface area (Å²) in [6.07, 6.45) is 4.92. The van der Waals surface area contributed by atoms with E-state index in [0.29, 0.717) is 0 Å². The van der Waals surface area contributed by atoms with E-state index in [9.17, 15) is 4.79 Å². The number of fused-ring (bicyclic) bond motifs is 1. The van der Waals surface area contributed by atoms with Gasteiger partial charge in [-0.1, -0.05) is 54.6 Å². The van der Waals surface area contributed by atoms with E-state index in [4.69, 9.17) is 4.74 Å². The molecule has 3 rings (SSSR count). The summed E-state index contributed by atoms with van der Waals surface area (Å²) in [5, 5.41) is 1.04. The lowest BCUT2D eigenvalue weighted by atomic mass is 10.1. The smallest absolute Gasteiger partial charge is 0.331 e. The molecule has 0 bridgehead atoms. The number of aromatic nitrogens is 1. The van der Waals surface area contributed by atoms with Crippen molar-refractivity contribution in [3.8, 4) is 0 Å². The molecular weight excluding hydrogens is 274 g/mol. The normalized spacial score (nSPS) is 10.9. The van der Waals surface area contributed by atoms with Crippen molar-refractivity contribution in [2.24, 2.45) is 0 Å². The van der Waals surface area contributed by atoms with Gasteiger partial charge in [0.05, 0.1) is 5.52 Å². The Hall–Kier alpha value is -2.94. The van der Waals surface area contributed by atoms with Crippen molar-refractivity contribution in [2.45, 2.75) is 6.61 Å². The highest BCUT2D eigenvalue weighted by Gasteiger charge is 2.01. The number of pyridine rings is 1. The summed E-state index contributed by atoms with van der Waals surface area (Å²) in [6, 6.07) is 19.4. The first-order valence-corrected chi connectivity index (χ1v) is 7.05. The third-order valence-corrected chi connectivity index (χ3v) is 3.29. The van der Waals surface area contributed by atoms with Gasteiger partial charge in [0.15, 0.2) is 0 Å². The summed E-state index contributed by atoms with van der Waals surface area (Å²) < 4.78 is 5.22. The van der Waals surface area contributed by atoms with Crippen LogP contribution in [0.3, 0.4) is 0 Å². The van der Waals surface area contributed by atoms with E-state index in [1.807, 2.05) is 60.7 Å². The van der Waals surface area contributed by atoms with Crippen LogP contribution in [0.15, 0.2) is 72.9 Å². The number of carbonyl (C=O) groups excluding carboxylic acids is 1. The highest BCUT2D eigenvalue weighted by Crippen LogP contribution is 2.17. The first kappa shape index (κ1) is 14.0. The Bertz CT molecular complexity index is 805. The average molecular weight is 289 g/mol. The Morgan fingerprint density at radius 2 is 1.82 bits per heavy atom. The molecule has 0 aliphatic heterocycles. The molecule has 2 aromatic carbocycles. The molecule has 0 fully saturated rings. The van der Waals surface area contributed by atoms with Crippen LogP contribution in [0.4, 0.5) is 0 Å². The van der Waals surface area contributed by atoms with E-state index in [-0.39, 0.29) is 12.6 Å². The zero-order valence-electron chi connectivity index (χ0n) is 12.0. The van der Waals surface area contributed by atoms with Crippen molar-refractivity contribution in [3.63, 3.8) is 0 Å². The van der Waals surface area contributed by atoms with Gasteiger partial charge in [0.25, 0.3) is 0 Å². The molecular formula is C19H15NO2. The molecule has 0 spiro atoms. The van der Waals surface area contributed by atoms with Gasteiger partial charge in [0.1, 0.15) is 6.61 Å². The fraction of sp³-hybridized carbons (Fsp3) is 0.0526. The van der Waals surface area contributed by atoms with Crippen molar-refractivity contribution in [1.29, 1.82) is 0 Å². The Morgan fingerprint density at radius 1 is 1.00 bits per heavy atom.